The number of carbonyl (C=O) groups excluding carboxylic acids is 1. The minimum Gasteiger partial charge on any atom is -0.497 e. The van der Waals surface area contributed by atoms with Crippen molar-refractivity contribution in [2.24, 2.45) is 0 Å². The SMILES string of the molecule is COc1ccc(N2CCN(CC(=O)NCC3CCCO3)CC2)cc1. The van der Waals surface area contributed by atoms with Gasteiger partial charge in [-0.3, -0.25) is 9.69 Å². The van der Waals surface area contributed by atoms with Crippen LogP contribution in [0.25, 0.3) is 0 Å². The number of anilines is 1. The first-order valence-electron chi connectivity index (χ1n) is 8.74. The van der Waals surface area contributed by atoms with Crippen molar-refractivity contribution >= 4 is 11.6 Å². The lowest BCUT2D eigenvalue weighted by atomic mass is 10.2. The Morgan fingerprint density at radius 1 is 1.25 bits per heavy atom. The molecule has 1 N–H and O–H groups in total. The summed E-state index contributed by atoms with van der Waals surface area (Å²) in [5, 5.41) is 2.99. The summed E-state index contributed by atoms with van der Waals surface area (Å²) >= 11 is 0. The van der Waals surface area contributed by atoms with E-state index in [0.29, 0.717) is 13.1 Å². The quantitative estimate of drug-likeness (QED) is 0.845. The van der Waals surface area contributed by atoms with E-state index in [-0.39, 0.29) is 12.0 Å². The Balaban J connectivity index is 1.38. The number of nitrogens with zero attached hydrogens (tertiary/aromatic N) is 2. The molecule has 2 aliphatic heterocycles. The molecule has 24 heavy (non-hydrogen) atoms. The lowest BCUT2D eigenvalue weighted by molar-refractivity contribution is -0.122. The fourth-order valence-electron chi connectivity index (χ4n) is 3.25. The maximum absolute atomic E-state index is 12.1. The van der Waals surface area contributed by atoms with Crippen LogP contribution in [0.5, 0.6) is 5.75 Å². The molecule has 3 rings (SSSR count). The summed E-state index contributed by atoms with van der Waals surface area (Å²) in [5.41, 5.74) is 1.21. The predicted molar refractivity (Wildman–Crippen MR) is 93.6 cm³/mol. The molecule has 0 bridgehead atoms. The van der Waals surface area contributed by atoms with Gasteiger partial charge in [-0.1, -0.05) is 0 Å². The number of piperazine rings is 1. The van der Waals surface area contributed by atoms with Gasteiger partial charge in [0.05, 0.1) is 19.8 Å². The normalized spacial score (nSPS) is 21.7. The Labute approximate surface area is 143 Å². The summed E-state index contributed by atoms with van der Waals surface area (Å²) in [4.78, 5) is 16.6. The van der Waals surface area contributed by atoms with Gasteiger partial charge in [0, 0.05) is 45.0 Å². The van der Waals surface area contributed by atoms with Crippen LogP contribution in [0.2, 0.25) is 0 Å². The van der Waals surface area contributed by atoms with Gasteiger partial charge in [-0.25, -0.2) is 0 Å². The second-order valence-electron chi connectivity index (χ2n) is 6.40. The van der Waals surface area contributed by atoms with Gasteiger partial charge in [0.2, 0.25) is 5.91 Å². The smallest absolute Gasteiger partial charge is 0.234 e. The van der Waals surface area contributed by atoms with Gasteiger partial charge >= 0.3 is 0 Å². The van der Waals surface area contributed by atoms with E-state index in [2.05, 4.69) is 27.2 Å². The lowest BCUT2D eigenvalue weighted by Gasteiger charge is -2.35. The van der Waals surface area contributed by atoms with Crippen LogP contribution < -0.4 is 15.0 Å². The first-order chi connectivity index (χ1) is 11.7. The molecule has 1 unspecified atom stereocenters. The van der Waals surface area contributed by atoms with E-state index in [1.807, 2.05) is 12.1 Å². The number of hydrogen-bond donors (Lipinski definition) is 1. The van der Waals surface area contributed by atoms with Gasteiger partial charge < -0.3 is 19.7 Å². The van der Waals surface area contributed by atoms with Gasteiger partial charge in [0.1, 0.15) is 5.75 Å². The molecule has 2 saturated heterocycles. The molecule has 2 aliphatic rings. The van der Waals surface area contributed by atoms with Gasteiger partial charge in [-0.05, 0) is 37.1 Å². The highest BCUT2D eigenvalue weighted by molar-refractivity contribution is 5.78. The van der Waals surface area contributed by atoms with Crippen LogP contribution in [-0.2, 0) is 9.53 Å². The van der Waals surface area contributed by atoms with E-state index in [0.717, 1.165) is 51.4 Å². The molecule has 6 heteroatoms. The Morgan fingerprint density at radius 3 is 2.62 bits per heavy atom. The highest BCUT2D eigenvalue weighted by Gasteiger charge is 2.20. The fraction of sp³-hybridized carbons (Fsp3) is 0.611. The maximum atomic E-state index is 12.1. The zero-order valence-corrected chi connectivity index (χ0v) is 14.4. The second kappa shape index (κ2) is 8.35. The van der Waals surface area contributed by atoms with Crippen LogP contribution >= 0.6 is 0 Å². The molecule has 2 fully saturated rings. The minimum absolute atomic E-state index is 0.100. The van der Waals surface area contributed by atoms with Gasteiger partial charge in [-0.2, -0.15) is 0 Å². The Hall–Kier alpha value is -1.79. The molecule has 0 aliphatic carbocycles. The van der Waals surface area contributed by atoms with Crippen LogP contribution in [0.4, 0.5) is 5.69 Å². The van der Waals surface area contributed by atoms with Gasteiger partial charge in [-0.15, -0.1) is 0 Å². The van der Waals surface area contributed by atoms with Crippen molar-refractivity contribution in [1.82, 2.24) is 10.2 Å². The monoisotopic (exact) mass is 333 g/mol. The van der Waals surface area contributed by atoms with E-state index >= 15 is 0 Å². The van der Waals surface area contributed by atoms with Crippen molar-refractivity contribution in [3.63, 3.8) is 0 Å². The van der Waals surface area contributed by atoms with Gasteiger partial charge in [0.25, 0.3) is 0 Å². The molecule has 0 radical (unpaired) electrons. The van der Waals surface area contributed by atoms with Crippen molar-refractivity contribution in [2.45, 2.75) is 18.9 Å². The average molecular weight is 333 g/mol. The van der Waals surface area contributed by atoms with E-state index in [4.69, 9.17) is 9.47 Å². The minimum atomic E-state index is 0.100. The molecular weight excluding hydrogens is 306 g/mol. The third-order valence-corrected chi connectivity index (χ3v) is 4.73. The molecule has 1 aromatic carbocycles. The number of hydrogen-bond acceptors (Lipinski definition) is 5. The maximum Gasteiger partial charge on any atom is 0.234 e. The van der Waals surface area contributed by atoms with Crippen molar-refractivity contribution in [1.29, 1.82) is 0 Å². The Morgan fingerprint density at radius 2 is 2.00 bits per heavy atom. The first kappa shape index (κ1) is 17.0. The van der Waals surface area contributed by atoms with Crippen LogP contribution in [0.3, 0.4) is 0 Å². The van der Waals surface area contributed by atoms with Gasteiger partial charge in [0.15, 0.2) is 0 Å². The van der Waals surface area contributed by atoms with Crippen molar-refractivity contribution < 1.29 is 14.3 Å². The molecule has 1 aromatic rings. The third kappa shape index (κ3) is 4.61. The number of benzene rings is 1. The molecule has 0 spiro atoms. The lowest BCUT2D eigenvalue weighted by Crippen LogP contribution is -2.50. The summed E-state index contributed by atoms with van der Waals surface area (Å²) in [6.07, 6.45) is 2.37. The molecule has 0 aromatic heterocycles. The van der Waals surface area contributed by atoms with Crippen LogP contribution in [0.15, 0.2) is 24.3 Å². The highest BCUT2D eigenvalue weighted by atomic mass is 16.5. The largest absolute Gasteiger partial charge is 0.497 e. The molecule has 0 saturated carbocycles. The number of methoxy groups -OCH3 is 1. The van der Waals surface area contributed by atoms with Crippen molar-refractivity contribution in [3.05, 3.63) is 24.3 Å². The molecular formula is C18H27N3O3. The number of ether oxygens (including phenoxy) is 2. The van der Waals surface area contributed by atoms with Crippen LogP contribution in [0.1, 0.15) is 12.8 Å². The van der Waals surface area contributed by atoms with Crippen LogP contribution in [0, 0.1) is 0 Å². The first-order valence-corrected chi connectivity index (χ1v) is 8.74. The molecule has 1 amide bonds. The summed E-state index contributed by atoms with van der Waals surface area (Å²) < 4.78 is 10.7. The zero-order valence-electron chi connectivity index (χ0n) is 14.4. The number of nitrogens with one attached hydrogen (secondary N) is 1. The molecule has 1 atom stereocenters. The molecule has 6 nitrogen and oxygen atoms in total. The van der Waals surface area contributed by atoms with E-state index < -0.39 is 0 Å². The number of amides is 1. The van der Waals surface area contributed by atoms with E-state index in [1.165, 1.54) is 5.69 Å². The summed E-state index contributed by atoms with van der Waals surface area (Å²) in [6, 6.07) is 8.14. The summed E-state index contributed by atoms with van der Waals surface area (Å²) in [6.45, 7) is 5.62. The average Bonchev–Trinajstić information content (AvgIpc) is 3.14. The van der Waals surface area contributed by atoms with Crippen molar-refractivity contribution in [2.75, 3.05) is 57.9 Å². The standard InChI is InChI=1S/C18H27N3O3/c1-23-16-6-4-15(5-7-16)21-10-8-20(9-11-21)14-18(22)19-13-17-3-2-12-24-17/h4-7,17H,2-3,8-14H2,1H3,(H,19,22). The topological polar surface area (TPSA) is 54.0 Å². The Kier molecular flexibility index (Phi) is 5.93. The van der Waals surface area contributed by atoms with E-state index in [9.17, 15) is 4.79 Å². The summed E-state index contributed by atoms with van der Waals surface area (Å²) in [7, 11) is 1.68. The highest BCUT2D eigenvalue weighted by Crippen LogP contribution is 2.20. The molecule has 132 valence electrons. The fourth-order valence-corrected chi connectivity index (χ4v) is 3.25. The second-order valence-corrected chi connectivity index (χ2v) is 6.40. The third-order valence-electron chi connectivity index (χ3n) is 4.73. The van der Waals surface area contributed by atoms with Crippen LogP contribution in [-0.4, -0.2) is 69.9 Å². The number of carbonyl (C=O) groups is 1. The Bertz CT molecular complexity index is 521. The van der Waals surface area contributed by atoms with Crippen molar-refractivity contribution in [3.8, 4) is 5.75 Å². The predicted octanol–water partition coefficient (Wildman–Crippen LogP) is 1.11. The zero-order chi connectivity index (χ0) is 16.8. The number of rotatable bonds is 6. The molecule has 2 heterocycles. The summed E-state index contributed by atoms with van der Waals surface area (Å²) in [5.74, 6) is 0.976. The van der Waals surface area contributed by atoms with E-state index in [1.54, 1.807) is 7.11 Å².